The quantitative estimate of drug-likeness (QED) is 0.770. The Bertz CT molecular complexity index is 744. The van der Waals surface area contributed by atoms with Gasteiger partial charge in [0.15, 0.2) is 0 Å². The van der Waals surface area contributed by atoms with Crippen molar-refractivity contribution in [2.75, 3.05) is 5.32 Å². The molecule has 0 aliphatic carbocycles. The molecule has 0 saturated carbocycles. The third-order valence-electron chi connectivity index (χ3n) is 3.30. The van der Waals surface area contributed by atoms with Crippen molar-refractivity contribution in [3.63, 3.8) is 0 Å². The van der Waals surface area contributed by atoms with Gasteiger partial charge in [0.1, 0.15) is 6.54 Å². The Morgan fingerprint density at radius 3 is 2.70 bits per heavy atom. The van der Waals surface area contributed by atoms with E-state index in [9.17, 15) is 4.79 Å². The molecule has 0 unspecified atom stereocenters. The first-order chi connectivity index (χ1) is 9.72. The second kappa shape index (κ2) is 5.21. The van der Waals surface area contributed by atoms with Gasteiger partial charge in [-0.15, -0.1) is 0 Å². The zero-order chi connectivity index (χ0) is 13.9. The van der Waals surface area contributed by atoms with Gasteiger partial charge < -0.3 is 9.88 Å². The normalized spacial score (nSPS) is 10.7. The van der Waals surface area contributed by atoms with Gasteiger partial charge >= 0.3 is 0 Å². The van der Waals surface area contributed by atoms with Gasteiger partial charge in [-0.05, 0) is 42.1 Å². The summed E-state index contributed by atoms with van der Waals surface area (Å²) in [4.78, 5) is 12.1. The van der Waals surface area contributed by atoms with Crippen LogP contribution in [0.15, 0.2) is 60.8 Å². The highest BCUT2D eigenvalue weighted by Crippen LogP contribution is 2.17. The molecule has 0 aliphatic rings. The van der Waals surface area contributed by atoms with Crippen LogP contribution < -0.4 is 5.32 Å². The molecule has 20 heavy (non-hydrogen) atoms. The van der Waals surface area contributed by atoms with Gasteiger partial charge in [0.2, 0.25) is 5.91 Å². The number of hydrogen-bond acceptors (Lipinski definition) is 1. The lowest BCUT2D eigenvalue weighted by Crippen LogP contribution is -2.18. The summed E-state index contributed by atoms with van der Waals surface area (Å²) in [5.41, 5.74) is 3.11. The van der Waals surface area contributed by atoms with E-state index in [-0.39, 0.29) is 5.91 Å². The summed E-state index contributed by atoms with van der Waals surface area (Å²) >= 11 is 0. The fourth-order valence-corrected chi connectivity index (χ4v) is 2.31. The van der Waals surface area contributed by atoms with Gasteiger partial charge in [0.25, 0.3) is 0 Å². The van der Waals surface area contributed by atoms with Gasteiger partial charge in [-0.1, -0.05) is 30.3 Å². The molecule has 1 N–H and O–H groups in total. The Labute approximate surface area is 117 Å². The summed E-state index contributed by atoms with van der Waals surface area (Å²) in [5.74, 6) is -0.0183. The van der Waals surface area contributed by atoms with Gasteiger partial charge in [-0.2, -0.15) is 0 Å². The zero-order valence-electron chi connectivity index (χ0n) is 11.3. The Morgan fingerprint density at radius 1 is 1.10 bits per heavy atom. The molecular weight excluding hydrogens is 248 g/mol. The summed E-state index contributed by atoms with van der Waals surface area (Å²) < 4.78 is 1.97. The van der Waals surface area contributed by atoms with E-state index in [1.54, 1.807) is 0 Å². The number of nitrogens with zero attached hydrogens (tertiary/aromatic N) is 1. The van der Waals surface area contributed by atoms with Gasteiger partial charge in [0.05, 0.1) is 0 Å². The van der Waals surface area contributed by atoms with E-state index in [2.05, 4.69) is 30.4 Å². The molecule has 0 radical (unpaired) electrons. The van der Waals surface area contributed by atoms with E-state index in [1.165, 1.54) is 5.56 Å². The smallest absolute Gasteiger partial charge is 0.244 e. The lowest BCUT2D eigenvalue weighted by molar-refractivity contribution is -0.116. The lowest BCUT2D eigenvalue weighted by Gasteiger charge is -2.07. The van der Waals surface area contributed by atoms with Crippen LogP contribution in [0.3, 0.4) is 0 Å². The van der Waals surface area contributed by atoms with Gasteiger partial charge in [-0.3, -0.25) is 4.79 Å². The second-order valence-electron chi connectivity index (χ2n) is 4.92. The third kappa shape index (κ3) is 2.57. The van der Waals surface area contributed by atoms with Gasteiger partial charge in [-0.25, -0.2) is 0 Å². The first kappa shape index (κ1) is 12.5. The number of para-hydroxylation sites is 1. The molecule has 0 saturated heterocycles. The number of amides is 1. The number of benzene rings is 2. The minimum atomic E-state index is -0.0183. The van der Waals surface area contributed by atoms with Crippen LogP contribution in [0.4, 0.5) is 5.69 Å². The van der Waals surface area contributed by atoms with Crippen molar-refractivity contribution in [1.29, 1.82) is 0 Å². The molecule has 1 aromatic heterocycles. The fraction of sp³-hybridized carbons (Fsp3) is 0.118. The largest absolute Gasteiger partial charge is 0.338 e. The molecule has 3 heteroatoms. The van der Waals surface area contributed by atoms with E-state index in [1.807, 2.05) is 47.2 Å². The number of hydrogen-bond donors (Lipinski definition) is 1. The van der Waals surface area contributed by atoms with Crippen LogP contribution in [-0.2, 0) is 11.3 Å². The van der Waals surface area contributed by atoms with Crippen molar-refractivity contribution in [3.05, 3.63) is 66.4 Å². The van der Waals surface area contributed by atoms with Crippen molar-refractivity contribution >= 4 is 22.5 Å². The standard InChI is InChI=1S/C17H16N2O/c1-13-7-8-14-9-10-19(16(14)11-13)12-17(20)18-15-5-3-2-4-6-15/h2-11H,12H2,1H3,(H,18,20). The van der Waals surface area contributed by atoms with Crippen LogP contribution in [0.25, 0.3) is 10.9 Å². The maximum absolute atomic E-state index is 12.1. The van der Waals surface area contributed by atoms with Crippen molar-refractivity contribution in [2.24, 2.45) is 0 Å². The maximum Gasteiger partial charge on any atom is 0.244 e. The number of aromatic nitrogens is 1. The molecule has 3 rings (SSSR count). The number of anilines is 1. The van der Waals surface area contributed by atoms with Crippen molar-refractivity contribution in [2.45, 2.75) is 13.5 Å². The summed E-state index contributed by atoms with van der Waals surface area (Å²) in [7, 11) is 0. The van der Waals surface area contributed by atoms with E-state index >= 15 is 0 Å². The summed E-state index contributed by atoms with van der Waals surface area (Å²) in [6.45, 7) is 2.38. The molecule has 0 bridgehead atoms. The number of nitrogens with one attached hydrogen (secondary N) is 1. The average Bonchev–Trinajstić information content (AvgIpc) is 2.82. The predicted octanol–water partition coefficient (Wildman–Crippen LogP) is 3.59. The Morgan fingerprint density at radius 2 is 1.90 bits per heavy atom. The topological polar surface area (TPSA) is 34.0 Å². The van der Waals surface area contributed by atoms with Crippen LogP contribution in [-0.4, -0.2) is 10.5 Å². The Hall–Kier alpha value is -2.55. The monoisotopic (exact) mass is 264 g/mol. The number of fused-ring (bicyclic) bond motifs is 1. The van der Waals surface area contributed by atoms with Gasteiger partial charge in [0, 0.05) is 17.4 Å². The lowest BCUT2D eigenvalue weighted by atomic mass is 10.2. The Kier molecular flexibility index (Phi) is 3.25. The molecule has 0 fully saturated rings. The van der Waals surface area contributed by atoms with Crippen LogP contribution in [0.5, 0.6) is 0 Å². The first-order valence-electron chi connectivity index (χ1n) is 6.63. The second-order valence-corrected chi connectivity index (χ2v) is 4.92. The highest BCUT2D eigenvalue weighted by atomic mass is 16.1. The number of aryl methyl sites for hydroxylation is 1. The maximum atomic E-state index is 12.1. The molecule has 0 aliphatic heterocycles. The Balaban J connectivity index is 1.79. The minimum Gasteiger partial charge on any atom is -0.338 e. The van der Waals surface area contributed by atoms with Crippen LogP contribution in [0.1, 0.15) is 5.56 Å². The zero-order valence-corrected chi connectivity index (χ0v) is 11.3. The number of rotatable bonds is 3. The third-order valence-corrected chi connectivity index (χ3v) is 3.30. The molecule has 3 aromatic rings. The van der Waals surface area contributed by atoms with Crippen molar-refractivity contribution in [3.8, 4) is 0 Å². The molecule has 1 heterocycles. The molecule has 3 nitrogen and oxygen atoms in total. The summed E-state index contributed by atoms with van der Waals surface area (Å²) in [5, 5.41) is 4.06. The minimum absolute atomic E-state index is 0.0183. The van der Waals surface area contributed by atoms with E-state index in [0.29, 0.717) is 6.54 Å². The van der Waals surface area contributed by atoms with E-state index in [0.717, 1.165) is 16.6 Å². The SMILES string of the molecule is Cc1ccc2ccn(CC(=O)Nc3ccccc3)c2c1. The van der Waals surface area contributed by atoms with Crippen LogP contribution >= 0.6 is 0 Å². The average molecular weight is 264 g/mol. The molecule has 2 aromatic carbocycles. The molecule has 1 amide bonds. The first-order valence-corrected chi connectivity index (χ1v) is 6.63. The van der Waals surface area contributed by atoms with Crippen molar-refractivity contribution in [1.82, 2.24) is 4.57 Å². The summed E-state index contributed by atoms with van der Waals surface area (Å²) in [6, 6.07) is 17.8. The van der Waals surface area contributed by atoms with E-state index < -0.39 is 0 Å². The molecule has 0 spiro atoms. The van der Waals surface area contributed by atoms with Crippen molar-refractivity contribution < 1.29 is 4.79 Å². The molecular formula is C17H16N2O. The van der Waals surface area contributed by atoms with Crippen LogP contribution in [0, 0.1) is 6.92 Å². The van der Waals surface area contributed by atoms with Crippen LogP contribution in [0.2, 0.25) is 0 Å². The molecule has 100 valence electrons. The fourth-order valence-electron chi connectivity index (χ4n) is 2.31. The van der Waals surface area contributed by atoms with E-state index in [4.69, 9.17) is 0 Å². The highest BCUT2D eigenvalue weighted by molar-refractivity contribution is 5.92. The predicted molar refractivity (Wildman–Crippen MR) is 81.7 cm³/mol. The summed E-state index contributed by atoms with van der Waals surface area (Å²) in [6.07, 6.45) is 1.95. The number of carbonyl (C=O) groups excluding carboxylic acids is 1. The number of carbonyl (C=O) groups is 1. The molecule has 0 atom stereocenters. The highest BCUT2D eigenvalue weighted by Gasteiger charge is 2.06.